The Labute approximate surface area is 76.5 Å². The second-order valence-corrected chi connectivity index (χ2v) is 5.28. The molecule has 0 rings (SSSR count). The van der Waals surface area contributed by atoms with E-state index in [2.05, 4.69) is 5.18 Å². The topological polar surface area (TPSA) is 95.9 Å². The lowest BCUT2D eigenvalue weighted by Gasteiger charge is -2.08. The summed E-state index contributed by atoms with van der Waals surface area (Å²) >= 11 is 1.39. The van der Waals surface area contributed by atoms with Crippen LogP contribution in [-0.4, -0.2) is 40.2 Å². The maximum absolute atomic E-state index is 9.98. The summed E-state index contributed by atoms with van der Waals surface area (Å²) in [5.74, 6) is 0.444. The normalized spacial score (nSPS) is 15.6. The van der Waals surface area contributed by atoms with E-state index in [4.69, 9.17) is 15.7 Å². The van der Waals surface area contributed by atoms with E-state index >= 15 is 0 Å². The van der Waals surface area contributed by atoms with Gasteiger partial charge >= 0.3 is 0 Å². The average molecular weight is 212 g/mol. The van der Waals surface area contributed by atoms with Gasteiger partial charge in [0.15, 0.2) is 0 Å². The van der Waals surface area contributed by atoms with Gasteiger partial charge in [0, 0.05) is 25.7 Å². The zero-order chi connectivity index (χ0) is 9.40. The standard InChI is InChI=1S/C5H13N2O3PS/c6-3-11(10)4-12-2-5(1-8)7-9/h5,8,10H,1-4,6H2. The SMILES string of the molecule is NCP(O)CSCC(CO)N=O. The highest BCUT2D eigenvalue weighted by molar-refractivity contribution is 8.04. The van der Waals surface area contributed by atoms with Crippen molar-refractivity contribution in [1.82, 2.24) is 0 Å². The third kappa shape index (κ3) is 5.85. The third-order valence-corrected chi connectivity index (χ3v) is 4.09. The van der Waals surface area contributed by atoms with Crippen LogP contribution in [0.2, 0.25) is 0 Å². The van der Waals surface area contributed by atoms with Crippen LogP contribution in [0.25, 0.3) is 0 Å². The molecule has 7 heteroatoms. The van der Waals surface area contributed by atoms with Crippen LogP contribution in [0.3, 0.4) is 0 Å². The van der Waals surface area contributed by atoms with Gasteiger partial charge in [-0.1, -0.05) is 5.18 Å². The van der Waals surface area contributed by atoms with Crippen LogP contribution in [0.5, 0.6) is 0 Å². The zero-order valence-electron chi connectivity index (χ0n) is 6.59. The van der Waals surface area contributed by atoms with Crippen LogP contribution >= 0.6 is 19.9 Å². The van der Waals surface area contributed by atoms with Gasteiger partial charge in [-0.15, -0.1) is 0 Å². The molecule has 2 unspecified atom stereocenters. The van der Waals surface area contributed by atoms with E-state index < -0.39 is 14.2 Å². The van der Waals surface area contributed by atoms with Crippen molar-refractivity contribution in [3.8, 4) is 0 Å². The van der Waals surface area contributed by atoms with Crippen LogP contribution < -0.4 is 5.73 Å². The highest BCUT2D eigenvalue weighted by atomic mass is 32.2. The number of hydrogen-bond acceptors (Lipinski definition) is 6. The first-order chi connectivity index (χ1) is 5.74. The summed E-state index contributed by atoms with van der Waals surface area (Å²) in [6.45, 7) is -0.234. The van der Waals surface area contributed by atoms with Crippen molar-refractivity contribution < 1.29 is 10.00 Å². The van der Waals surface area contributed by atoms with Gasteiger partial charge in [-0.2, -0.15) is 16.7 Å². The molecule has 0 amide bonds. The van der Waals surface area contributed by atoms with Crippen molar-refractivity contribution in [1.29, 1.82) is 0 Å². The fourth-order valence-corrected chi connectivity index (χ4v) is 2.59. The fourth-order valence-electron chi connectivity index (χ4n) is 0.463. The van der Waals surface area contributed by atoms with Crippen LogP contribution in [0.1, 0.15) is 0 Å². The summed E-state index contributed by atoms with van der Waals surface area (Å²) in [6, 6.07) is -0.559. The van der Waals surface area contributed by atoms with Crippen molar-refractivity contribution in [3.05, 3.63) is 4.91 Å². The van der Waals surface area contributed by atoms with Crippen molar-refractivity contribution in [2.75, 3.05) is 24.1 Å². The summed E-state index contributed by atoms with van der Waals surface area (Å²) in [6.07, 6.45) is 0.278. The molecule has 0 aliphatic heterocycles. The molecule has 12 heavy (non-hydrogen) atoms. The van der Waals surface area contributed by atoms with Gasteiger partial charge < -0.3 is 15.7 Å². The number of nitrogens with zero attached hydrogens (tertiary/aromatic N) is 1. The molecule has 0 heterocycles. The molecular weight excluding hydrogens is 199 g/mol. The van der Waals surface area contributed by atoms with Crippen molar-refractivity contribution in [2.45, 2.75) is 6.04 Å². The quantitative estimate of drug-likeness (QED) is 0.411. The Hall–Kier alpha value is 0.260. The Morgan fingerprint density at radius 2 is 2.33 bits per heavy atom. The minimum absolute atomic E-state index is 0.234. The fraction of sp³-hybridized carbons (Fsp3) is 1.00. The number of rotatable bonds is 7. The van der Waals surface area contributed by atoms with Crippen LogP contribution in [0, 0.1) is 4.91 Å². The molecule has 5 nitrogen and oxygen atoms in total. The number of nitroso groups, excluding NO2 is 1. The first-order valence-corrected chi connectivity index (χ1v) is 6.21. The monoisotopic (exact) mass is 212 g/mol. The Morgan fingerprint density at radius 1 is 1.67 bits per heavy atom. The Kier molecular flexibility index (Phi) is 8.06. The second kappa shape index (κ2) is 7.89. The predicted molar refractivity (Wildman–Crippen MR) is 52.2 cm³/mol. The molecule has 0 saturated heterocycles. The number of nitrogens with two attached hydrogens (primary N) is 1. The van der Waals surface area contributed by atoms with Gasteiger partial charge in [0.1, 0.15) is 6.04 Å². The lowest BCUT2D eigenvalue weighted by molar-refractivity contribution is 0.275. The highest BCUT2D eigenvalue weighted by Crippen LogP contribution is 2.32. The summed E-state index contributed by atoms with van der Waals surface area (Å²) in [5, 5.41) is 11.3. The molecule has 0 bridgehead atoms. The number of thioether (sulfide) groups is 1. The Morgan fingerprint density at radius 3 is 2.75 bits per heavy atom. The molecule has 2 atom stereocenters. The Bertz CT molecular complexity index is 129. The molecule has 0 aromatic carbocycles. The number of hydrogen-bond donors (Lipinski definition) is 3. The molecule has 0 aliphatic carbocycles. The maximum atomic E-state index is 9.98. The number of aliphatic hydroxyl groups is 1. The molecule has 0 aliphatic rings. The van der Waals surface area contributed by atoms with E-state index in [1.54, 1.807) is 0 Å². The van der Waals surface area contributed by atoms with Gasteiger partial charge in [0.2, 0.25) is 0 Å². The average Bonchev–Trinajstić information content (AvgIpc) is 2.12. The molecule has 0 spiro atoms. The van der Waals surface area contributed by atoms with E-state index in [0.717, 1.165) is 0 Å². The molecule has 0 fully saturated rings. The van der Waals surface area contributed by atoms with E-state index in [1.165, 1.54) is 11.8 Å². The highest BCUT2D eigenvalue weighted by Gasteiger charge is 2.08. The predicted octanol–water partition coefficient (Wildman–Crippen LogP) is 0.110. The lowest BCUT2D eigenvalue weighted by atomic mass is 10.4. The molecular formula is C5H13N2O3PS. The minimum atomic E-state index is -1.10. The van der Waals surface area contributed by atoms with Gasteiger partial charge in [0.05, 0.1) is 6.61 Å². The third-order valence-electron chi connectivity index (χ3n) is 1.12. The van der Waals surface area contributed by atoms with Crippen LogP contribution in [0.4, 0.5) is 0 Å². The van der Waals surface area contributed by atoms with Gasteiger partial charge in [-0.05, 0) is 0 Å². The summed E-state index contributed by atoms with van der Waals surface area (Å²) in [4.78, 5) is 19.0. The second-order valence-electron chi connectivity index (χ2n) is 2.13. The summed E-state index contributed by atoms with van der Waals surface area (Å²) in [7, 11) is -1.10. The molecule has 0 saturated carbocycles. The zero-order valence-corrected chi connectivity index (χ0v) is 8.30. The van der Waals surface area contributed by atoms with Crippen molar-refractivity contribution in [3.63, 3.8) is 0 Å². The van der Waals surface area contributed by atoms with Gasteiger partial charge in [-0.3, -0.25) is 0 Å². The largest absolute Gasteiger partial charge is 0.394 e. The first-order valence-electron chi connectivity index (χ1n) is 3.39. The van der Waals surface area contributed by atoms with E-state index in [9.17, 15) is 4.91 Å². The summed E-state index contributed by atoms with van der Waals surface area (Å²) < 4.78 is 0. The Balaban J connectivity index is 3.34. The molecule has 4 N–H and O–H groups in total. The lowest BCUT2D eigenvalue weighted by Crippen LogP contribution is -2.12. The van der Waals surface area contributed by atoms with E-state index in [1.807, 2.05) is 0 Å². The summed E-state index contributed by atoms with van der Waals surface area (Å²) in [5.41, 5.74) is 5.72. The molecule has 0 aromatic rings. The van der Waals surface area contributed by atoms with Gasteiger partial charge in [0.25, 0.3) is 0 Å². The van der Waals surface area contributed by atoms with Crippen molar-refractivity contribution in [2.24, 2.45) is 10.9 Å². The van der Waals surface area contributed by atoms with E-state index in [-0.39, 0.29) is 12.9 Å². The number of aliphatic hydroxyl groups excluding tert-OH is 1. The minimum Gasteiger partial charge on any atom is -0.394 e. The first kappa shape index (κ1) is 12.3. The molecule has 0 radical (unpaired) electrons. The van der Waals surface area contributed by atoms with Crippen LogP contribution in [-0.2, 0) is 0 Å². The maximum Gasteiger partial charge on any atom is 0.124 e. The molecule has 72 valence electrons. The smallest absolute Gasteiger partial charge is 0.124 e. The van der Waals surface area contributed by atoms with E-state index in [0.29, 0.717) is 11.2 Å². The van der Waals surface area contributed by atoms with Crippen LogP contribution in [0.15, 0.2) is 5.18 Å². The van der Waals surface area contributed by atoms with Crippen molar-refractivity contribution >= 4 is 19.9 Å². The van der Waals surface area contributed by atoms with Gasteiger partial charge in [-0.25, -0.2) is 0 Å². The molecule has 0 aromatic heterocycles.